The molecule has 1 aromatic rings. The lowest BCUT2D eigenvalue weighted by Crippen LogP contribution is -2.32. The Kier molecular flexibility index (Phi) is 8.68. The van der Waals surface area contributed by atoms with E-state index in [2.05, 4.69) is 24.4 Å². The fourth-order valence-electron chi connectivity index (χ4n) is 5.38. The Labute approximate surface area is 187 Å². The second kappa shape index (κ2) is 11.4. The average molecular weight is 430 g/mol. The summed E-state index contributed by atoms with van der Waals surface area (Å²) in [5, 5.41) is 3.14. The van der Waals surface area contributed by atoms with Crippen molar-refractivity contribution in [2.45, 2.75) is 64.7 Å². The maximum absolute atomic E-state index is 13.4. The molecule has 3 rings (SSSR count). The van der Waals surface area contributed by atoms with E-state index >= 15 is 0 Å². The van der Waals surface area contributed by atoms with E-state index in [9.17, 15) is 4.79 Å². The van der Waals surface area contributed by atoms with Gasteiger partial charge in [-0.2, -0.15) is 0 Å². The van der Waals surface area contributed by atoms with Gasteiger partial charge < -0.3 is 19.5 Å². The summed E-state index contributed by atoms with van der Waals surface area (Å²) in [6, 6.07) is 3.55. The normalized spacial score (nSPS) is 23.7. The van der Waals surface area contributed by atoms with Crippen LogP contribution in [0.1, 0.15) is 64.7 Å². The minimum atomic E-state index is 0.0200. The highest BCUT2D eigenvalue weighted by Gasteiger charge is 2.47. The van der Waals surface area contributed by atoms with Gasteiger partial charge in [0.2, 0.25) is 5.91 Å². The third-order valence-electron chi connectivity index (χ3n) is 7.03. The van der Waals surface area contributed by atoms with Crippen LogP contribution in [0.15, 0.2) is 24.3 Å². The second-order valence-corrected chi connectivity index (χ2v) is 8.94. The zero-order valence-electron chi connectivity index (χ0n) is 19.6. The van der Waals surface area contributed by atoms with Gasteiger partial charge in [-0.05, 0) is 30.6 Å². The van der Waals surface area contributed by atoms with Crippen LogP contribution in [0, 0.1) is 23.7 Å². The molecule has 31 heavy (non-hydrogen) atoms. The number of methoxy groups -OCH3 is 3. The van der Waals surface area contributed by atoms with Crippen LogP contribution in [0.5, 0.6) is 17.2 Å². The maximum atomic E-state index is 13.4. The van der Waals surface area contributed by atoms with Crippen molar-refractivity contribution in [1.82, 2.24) is 0 Å². The number of amides is 1. The molecule has 4 unspecified atom stereocenters. The Bertz CT molecular complexity index is 735. The largest absolute Gasteiger partial charge is 0.496 e. The quantitative estimate of drug-likeness (QED) is 0.298. The lowest BCUT2D eigenvalue weighted by molar-refractivity contribution is -0.122. The third kappa shape index (κ3) is 5.55. The van der Waals surface area contributed by atoms with E-state index in [0.29, 0.717) is 40.7 Å². The third-order valence-corrected chi connectivity index (χ3v) is 7.03. The first-order valence-corrected chi connectivity index (χ1v) is 11.9. The lowest BCUT2D eigenvalue weighted by Gasteiger charge is -2.28. The topological polar surface area (TPSA) is 56.8 Å². The Morgan fingerprint density at radius 2 is 1.52 bits per heavy atom. The van der Waals surface area contributed by atoms with Gasteiger partial charge in [-0.25, -0.2) is 0 Å². The highest BCUT2D eigenvalue weighted by Crippen LogP contribution is 2.51. The molecular formula is C26H39NO4. The summed E-state index contributed by atoms with van der Waals surface area (Å²) in [6.45, 7) is 2.25. The number of allylic oxidation sites excluding steroid dienone is 2. The van der Waals surface area contributed by atoms with E-state index in [-0.39, 0.29) is 11.8 Å². The SMILES string of the molecule is CCCCCCCCCC1C2C=CC(C2)C1C(=O)Nc1c(OC)cc(OC)cc1OC. The molecule has 2 aliphatic carbocycles. The molecule has 1 aromatic carbocycles. The number of nitrogens with one attached hydrogen (secondary N) is 1. The minimum absolute atomic E-state index is 0.0200. The number of carbonyl (C=O) groups excluding carboxylic acids is 1. The van der Waals surface area contributed by atoms with Gasteiger partial charge in [0.1, 0.15) is 22.9 Å². The average Bonchev–Trinajstić information content (AvgIpc) is 3.40. The number of hydrogen-bond acceptors (Lipinski definition) is 4. The van der Waals surface area contributed by atoms with Gasteiger partial charge in [0.15, 0.2) is 0 Å². The molecule has 172 valence electrons. The standard InChI is InChI=1S/C26H39NO4/c1-5-6-7-8-9-10-11-12-21-18-13-14-19(15-18)24(21)26(28)27-25-22(30-3)16-20(29-2)17-23(25)31-4/h13-14,16-19,21,24H,5-12,15H2,1-4H3,(H,27,28). The molecule has 0 heterocycles. The van der Waals surface area contributed by atoms with Crippen molar-refractivity contribution in [3.8, 4) is 17.2 Å². The number of fused-ring (bicyclic) bond motifs is 2. The monoisotopic (exact) mass is 429 g/mol. The summed E-state index contributed by atoms with van der Waals surface area (Å²) < 4.78 is 16.3. The van der Waals surface area contributed by atoms with Crippen molar-refractivity contribution in [3.63, 3.8) is 0 Å². The van der Waals surface area contributed by atoms with Crippen LogP contribution in [0.2, 0.25) is 0 Å². The van der Waals surface area contributed by atoms with Crippen LogP contribution in [-0.2, 0) is 4.79 Å². The molecule has 1 amide bonds. The van der Waals surface area contributed by atoms with Crippen molar-refractivity contribution >= 4 is 11.6 Å². The zero-order valence-corrected chi connectivity index (χ0v) is 19.6. The lowest BCUT2D eigenvalue weighted by atomic mass is 9.79. The maximum Gasteiger partial charge on any atom is 0.228 e. The van der Waals surface area contributed by atoms with E-state index in [1.54, 1.807) is 33.5 Å². The molecule has 0 spiro atoms. The molecule has 1 fully saturated rings. The highest BCUT2D eigenvalue weighted by molar-refractivity contribution is 5.96. The molecule has 0 saturated heterocycles. The first-order chi connectivity index (χ1) is 15.1. The van der Waals surface area contributed by atoms with Crippen LogP contribution in [0.25, 0.3) is 0 Å². The second-order valence-electron chi connectivity index (χ2n) is 8.94. The van der Waals surface area contributed by atoms with E-state index in [1.165, 1.54) is 44.9 Å². The van der Waals surface area contributed by atoms with E-state index in [1.807, 2.05) is 0 Å². The molecule has 0 aliphatic heterocycles. The number of hydrogen-bond donors (Lipinski definition) is 1. The van der Waals surface area contributed by atoms with Crippen LogP contribution < -0.4 is 19.5 Å². The number of rotatable bonds is 13. The fourth-order valence-corrected chi connectivity index (χ4v) is 5.38. The Balaban J connectivity index is 1.64. The highest BCUT2D eigenvalue weighted by atomic mass is 16.5. The van der Waals surface area contributed by atoms with Gasteiger partial charge in [0.05, 0.1) is 21.3 Å². The van der Waals surface area contributed by atoms with Crippen LogP contribution in [0.4, 0.5) is 5.69 Å². The molecule has 0 aromatic heterocycles. The number of benzene rings is 1. The van der Waals surface area contributed by atoms with Crippen molar-refractivity contribution in [3.05, 3.63) is 24.3 Å². The van der Waals surface area contributed by atoms with Gasteiger partial charge in [-0.15, -0.1) is 0 Å². The molecule has 5 heteroatoms. The first-order valence-electron chi connectivity index (χ1n) is 11.9. The van der Waals surface area contributed by atoms with Crippen molar-refractivity contribution in [2.75, 3.05) is 26.6 Å². The smallest absolute Gasteiger partial charge is 0.228 e. The predicted octanol–water partition coefficient (Wildman–Crippen LogP) is 6.23. The molecule has 4 atom stereocenters. The van der Waals surface area contributed by atoms with Gasteiger partial charge in [-0.3, -0.25) is 4.79 Å². The summed E-state index contributed by atoms with van der Waals surface area (Å²) in [4.78, 5) is 13.4. The van der Waals surface area contributed by atoms with E-state index < -0.39 is 0 Å². The molecule has 1 saturated carbocycles. The van der Waals surface area contributed by atoms with Gasteiger partial charge >= 0.3 is 0 Å². The Morgan fingerprint density at radius 3 is 2.13 bits per heavy atom. The van der Waals surface area contributed by atoms with E-state index in [0.717, 1.165) is 12.8 Å². The Morgan fingerprint density at radius 1 is 0.903 bits per heavy atom. The molecule has 0 radical (unpaired) electrons. The number of ether oxygens (including phenoxy) is 3. The molecule has 5 nitrogen and oxygen atoms in total. The van der Waals surface area contributed by atoms with Crippen LogP contribution >= 0.6 is 0 Å². The molecule has 2 bridgehead atoms. The Hall–Kier alpha value is -2.17. The van der Waals surface area contributed by atoms with E-state index in [4.69, 9.17) is 14.2 Å². The molecule has 1 N–H and O–H groups in total. The van der Waals surface area contributed by atoms with Crippen LogP contribution in [-0.4, -0.2) is 27.2 Å². The summed E-state index contributed by atoms with van der Waals surface area (Å²) in [7, 11) is 4.78. The van der Waals surface area contributed by atoms with Gasteiger partial charge in [0, 0.05) is 18.1 Å². The summed E-state index contributed by atoms with van der Waals surface area (Å²) in [5.41, 5.74) is 0.581. The summed E-state index contributed by atoms with van der Waals surface area (Å²) in [5.74, 6) is 3.14. The van der Waals surface area contributed by atoms with Gasteiger partial charge in [-0.1, -0.05) is 64.0 Å². The number of carbonyl (C=O) groups is 1. The van der Waals surface area contributed by atoms with Crippen molar-refractivity contribution in [2.24, 2.45) is 23.7 Å². The molecular weight excluding hydrogens is 390 g/mol. The zero-order chi connectivity index (χ0) is 22.2. The summed E-state index contributed by atoms with van der Waals surface area (Å²) in [6.07, 6.45) is 16.0. The predicted molar refractivity (Wildman–Crippen MR) is 125 cm³/mol. The minimum Gasteiger partial charge on any atom is -0.496 e. The molecule has 2 aliphatic rings. The fraction of sp³-hybridized carbons (Fsp3) is 0.654. The number of anilines is 1. The number of unbranched alkanes of at least 4 members (excludes halogenated alkanes) is 6. The van der Waals surface area contributed by atoms with Gasteiger partial charge in [0.25, 0.3) is 0 Å². The van der Waals surface area contributed by atoms with Crippen molar-refractivity contribution < 1.29 is 19.0 Å². The summed E-state index contributed by atoms with van der Waals surface area (Å²) >= 11 is 0. The first kappa shape index (κ1) is 23.5. The van der Waals surface area contributed by atoms with Crippen molar-refractivity contribution in [1.29, 1.82) is 0 Å². The van der Waals surface area contributed by atoms with Crippen LogP contribution in [0.3, 0.4) is 0 Å².